The van der Waals surface area contributed by atoms with Gasteiger partial charge in [-0.05, 0) is 38.8 Å². The van der Waals surface area contributed by atoms with Crippen LogP contribution in [0.1, 0.15) is 30.2 Å². The normalized spacial score (nSPS) is 14.0. The minimum Gasteiger partial charge on any atom is -0.318 e. The van der Waals surface area contributed by atoms with Gasteiger partial charge in [0.1, 0.15) is 0 Å². The van der Waals surface area contributed by atoms with Crippen LogP contribution in [0.5, 0.6) is 0 Å². The number of fused-ring (bicyclic) bond motifs is 3. The zero-order chi connectivity index (χ0) is 12.0. The summed E-state index contributed by atoms with van der Waals surface area (Å²) in [6.07, 6.45) is 6.79. The molecule has 0 bridgehead atoms. The second kappa shape index (κ2) is 3.63. The molecule has 0 unspecified atom stereocenters. The van der Waals surface area contributed by atoms with Crippen LogP contribution in [-0.4, -0.2) is 4.57 Å². The molecular weight excluding hydrogens is 206 g/mol. The molecule has 3 rings (SSSR count). The first kappa shape index (κ1) is 10.4. The minimum absolute atomic E-state index is 1.11. The van der Waals surface area contributed by atoms with Gasteiger partial charge in [0.05, 0.1) is 5.52 Å². The molecule has 2 aromatic rings. The molecule has 1 heterocycles. The average Bonchev–Trinajstić information content (AvgIpc) is 2.63. The van der Waals surface area contributed by atoms with Crippen LogP contribution < -0.4 is 0 Å². The summed E-state index contributed by atoms with van der Waals surface area (Å²) in [7, 11) is 0. The summed E-state index contributed by atoms with van der Waals surface area (Å²) in [5, 5.41) is 1.36. The topological polar surface area (TPSA) is 4.93 Å². The summed E-state index contributed by atoms with van der Waals surface area (Å²) in [6.45, 7) is 8.35. The third kappa shape index (κ3) is 1.46. The summed E-state index contributed by atoms with van der Waals surface area (Å²) in [5.74, 6) is 0. The van der Waals surface area contributed by atoms with Crippen molar-refractivity contribution in [1.29, 1.82) is 0 Å². The molecule has 1 aromatic carbocycles. The highest BCUT2D eigenvalue weighted by atomic mass is 15.0. The van der Waals surface area contributed by atoms with Crippen molar-refractivity contribution in [3.8, 4) is 0 Å². The number of benzene rings is 1. The molecule has 1 aromatic heterocycles. The molecule has 86 valence electrons. The quantitative estimate of drug-likeness (QED) is 0.675. The van der Waals surface area contributed by atoms with E-state index in [0.29, 0.717) is 0 Å². The third-order valence-corrected chi connectivity index (χ3v) is 3.48. The standard InChI is InChI=1S/C16H17N/c1-11(2)17-15-7-5-4-6-13(15)14-10-12(3)8-9-16(14)17/h4,6,8-10H,1,5,7H2,2-3H3. The van der Waals surface area contributed by atoms with E-state index in [9.17, 15) is 0 Å². The van der Waals surface area contributed by atoms with Gasteiger partial charge in [-0.25, -0.2) is 0 Å². The van der Waals surface area contributed by atoms with Crippen molar-refractivity contribution in [3.05, 3.63) is 47.7 Å². The fourth-order valence-corrected chi connectivity index (χ4v) is 2.77. The lowest BCUT2D eigenvalue weighted by molar-refractivity contribution is 0.896. The minimum atomic E-state index is 1.11. The van der Waals surface area contributed by atoms with E-state index in [0.717, 1.165) is 18.5 Å². The lowest BCUT2D eigenvalue weighted by Gasteiger charge is -2.12. The van der Waals surface area contributed by atoms with Crippen molar-refractivity contribution >= 4 is 22.7 Å². The summed E-state index contributed by atoms with van der Waals surface area (Å²) in [5.41, 5.74) is 6.52. The molecule has 1 heteroatoms. The maximum absolute atomic E-state index is 4.12. The van der Waals surface area contributed by atoms with E-state index < -0.39 is 0 Å². The van der Waals surface area contributed by atoms with Crippen molar-refractivity contribution in [3.63, 3.8) is 0 Å². The Labute approximate surface area is 102 Å². The predicted octanol–water partition coefficient (Wildman–Crippen LogP) is 4.40. The Balaban J connectivity index is 2.47. The highest BCUT2D eigenvalue weighted by Crippen LogP contribution is 2.33. The third-order valence-electron chi connectivity index (χ3n) is 3.48. The molecule has 0 fully saturated rings. The highest BCUT2D eigenvalue weighted by molar-refractivity contribution is 5.94. The van der Waals surface area contributed by atoms with E-state index >= 15 is 0 Å². The number of hydrogen-bond donors (Lipinski definition) is 0. The molecule has 1 aliphatic carbocycles. The number of nitrogens with zero attached hydrogens (tertiary/aromatic N) is 1. The Morgan fingerprint density at radius 1 is 1.35 bits per heavy atom. The van der Waals surface area contributed by atoms with Gasteiger partial charge in [0, 0.05) is 22.3 Å². The summed E-state index contributed by atoms with van der Waals surface area (Å²) in [6, 6.07) is 6.67. The number of rotatable bonds is 1. The number of hydrogen-bond acceptors (Lipinski definition) is 0. The molecule has 17 heavy (non-hydrogen) atoms. The van der Waals surface area contributed by atoms with E-state index in [-0.39, 0.29) is 0 Å². The molecule has 0 saturated heterocycles. The Morgan fingerprint density at radius 2 is 2.18 bits per heavy atom. The fourth-order valence-electron chi connectivity index (χ4n) is 2.77. The van der Waals surface area contributed by atoms with Crippen LogP contribution in [0.25, 0.3) is 22.7 Å². The van der Waals surface area contributed by atoms with Crippen LogP contribution >= 0.6 is 0 Å². The molecule has 0 saturated carbocycles. The first-order chi connectivity index (χ1) is 8.18. The van der Waals surface area contributed by atoms with Crippen molar-refractivity contribution in [2.75, 3.05) is 0 Å². The van der Waals surface area contributed by atoms with Crippen molar-refractivity contribution in [2.45, 2.75) is 26.7 Å². The zero-order valence-corrected chi connectivity index (χ0v) is 10.5. The Kier molecular flexibility index (Phi) is 2.22. The zero-order valence-electron chi connectivity index (χ0n) is 10.5. The van der Waals surface area contributed by atoms with Crippen LogP contribution in [0.15, 0.2) is 30.9 Å². The molecule has 1 nitrogen and oxygen atoms in total. The molecular formula is C16H17N. The molecule has 0 aliphatic heterocycles. The molecule has 0 radical (unpaired) electrons. The first-order valence-electron chi connectivity index (χ1n) is 6.15. The SMILES string of the molecule is C=C(C)n1c2c(c3cc(C)ccc31)C=CCC2. The average molecular weight is 223 g/mol. The van der Waals surface area contributed by atoms with Gasteiger partial charge in [0.25, 0.3) is 0 Å². The van der Waals surface area contributed by atoms with Crippen LogP contribution in [0.3, 0.4) is 0 Å². The largest absolute Gasteiger partial charge is 0.318 e. The Bertz CT molecular complexity index is 641. The summed E-state index contributed by atoms with van der Waals surface area (Å²) in [4.78, 5) is 0. The van der Waals surface area contributed by atoms with E-state index in [4.69, 9.17) is 0 Å². The number of aryl methyl sites for hydroxylation is 1. The van der Waals surface area contributed by atoms with Crippen LogP contribution in [0.4, 0.5) is 0 Å². The van der Waals surface area contributed by atoms with Crippen LogP contribution in [-0.2, 0) is 6.42 Å². The summed E-state index contributed by atoms with van der Waals surface area (Å²) < 4.78 is 2.31. The van der Waals surface area contributed by atoms with Gasteiger partial charge >= 0.3 is 0 Å². The van der Waals surface area contributed by atoms with Crippen LogP contribution in [0, 0.1) is 6.92 Å². The molecule has 0 spiro atoms. The maximum atomic E-state index is 4.12. The van der Waals surface area contributed by atoms with Gasteiger partial charge in [-0.3, -0.25) is 0 Å². The Morgan fingerprint density at radius 3 is 2.94 bits per heavy atom. The van der Waals surface area contributed by atoms with Gasteiger partial charge in [-0.15, -0.1) is 0 Å². The van der Waals surface area contributed by atoms with E-state index in [1.165, 1.54) is 27.7 Å². The highest BCUT2D eigenvalue weighted by Gasteiger charge is 2.17. The van der Waals surface area contributed by atoms with Crippen LogP contribution in [0.2, 0.25) is 0 Å². The second-order valence-electron chi connectivity index (χ2n) is 4.89. The van der Waals surface area contributed by atoms with E-state index in [1.54, 1.807) is 0 Å². The Hall–Kier alpha value is -1.76. The lowest BCUT2D eigenvalue weighted by atomic mass is 10.0. The first-order valence-corrected chi connectivity index (χ1v) is 6.15. The molecule has 0 atom stereocenters. The van der Waals surface area contributed by atoms with E-state index in [2.05, 4.69) is 55.3 Å². The smallest absolute Gasteiger partial charge is 0.0534 e. The van der Waals surface area contributed by atoms with Gasteiger partial charge in [-0.2, -0.15) is 0 Å². The van der Waals surface area contributed by atoms with Gasteiger partial charge in [0.15, 0.2) is 0 Å². The molecule has 0 N–H and O–H groups in total. The molecule has 0 amide bonds. The van der Waals surface area contributed by atoms with Crippen molar-refractivity contribution in [2.24, 2.45) is 0 Å². The van der Waals surface area contributed by atoms with Crippen molar-refractivity contribution < 1.29 is 0 Å². The van der Waals surface area contributed by atoms with Gasteiger partial charge in [-0.1, -0.05) is 30.4 Å². The maximum Gasteiger partial charge on any atom is 0.0534 e. The van der Waals surface area contributed by atoms with Gasteiger partial charge < -0.3 is 4.57 Å². The summed E-state index contributed by atoms with van der Waals surface area (Å²) >= 11 is 0. The van der Waals surface area contributed by atoms with E-state index in [1.807, 2.05) is 0 Å². The fraction of sp³-hybridized carbons (Fsp3) is 0.250. The van der Waals surface area contributed by atoms with Gasteiger partial charge in [0.2, 0.25) is 0 Å². The molecule has 1 aliphatic rings. The number of aromatic nitrogens is 1. The lowest BCUT2D eigenvalue weighted by Crippen LogP contribution is -2.01. The second-order valence-corrected chi connectivity index (χ2v) is 4.89. The van der Waals surface area contributed by atoms with Crippen molar-refractivity contribution in [1.82, 2.24) is 4.57 Å². The predicted molar refractivity (Wildman–Crippen MR) is 75.0 cm³/mol. The number of allylic oxidation sites excluding steroid dienone is 2. The monoisotopic (exact) mass is 223 g/mol.